The van der Waals surface area contributed by atoms with Crippen molar-refractivity contribution in [2.45, 2.75) is 18.9 Å². The maximum atomic E-state index is 12.6. The molecular formula is C17H20N2O4. The molecule has 1 saturated heterocycles. The number of esters is 1. The highest BCUT2D eigenvalue weighted by atomic mass is 16.5. The lowest BCUT2D eigenvalue weighted by Crippen LogP contribution is -2.41. The van der Waals surface area contributed by atoms with Crippen LogP contribution in [0.3, 0.4) is 0 Å². The van der Waals surface area contributed by atoms with Crippen LogP contribution in [0.1, 0.15) is 23.2 Å². The number of benzene rings is 1. The van der Waals surface area contributed by atoms with Crippen LogP contribution in [0, 0.1) is 5.92 Å². The van der Waals surface area contributed by atoms with E-state index in [0.717, 1.165) is 10.9 Å². The molecule has 122 valence electrons. The number of ether oxygens (including phenoxy) is 2. The molecule has 0 saturated carbocycles. The summed E-state index contributed by atoms with van der Waals surface area (Å²) < 4.78 is 12.6. The standard InChI is InChI=1S/C17H20N2O4/c1-19-10-13(12-4-2-3-5-14(12)19)17(21)23-15(16(18)20)11-6-8-22-9-7-11/h2-5,10-11,15H,6-9H2,1H3,(H2,18,20). The van der Waals surface area contributed by atoms with Gasteiger partial charge in [-0.25, -0.2) is 4.79 Å². The Morgan fingerprint density at radius 3 is 2.70 bits per heavy atom. The molecule has 1 aliphatic heterocycles. The number of amides is 1. The summed E-state index contributed by atoms with van der Waals surface area (Å²) in [5.41, 5.74) is 6.83. The summed E-state index contributed by atoms with van der Waals surface area (Å²) in [6.07, 6.45) is 2.13. The molecule has 0 spiro atoms. The second-order valence-electron chi connectivity index (χ2n) is 5.85. The Hall–Kier alpha value is -2.34. The average molecular weight is 316 g/mol. The van der Waals surface area contributed by atoms with Crippen LogP contribution in [-0.4, -0.2) is 35.8 Å². The minimum atomic E-state index is -0.912. The third-order valence-electron chi connectivity index (χ3n) is 4.33. The first-order valence-electron chi connectivity index (χ1n) is 7.70. The minimum Gasteiger partial charge on any atom is -0.448 e. The molecular weight excluding hydrogens is 296 g/mol. The molecule has 1 atom stereocenters. The maximum absolute atomic E-state index is 12.6. The lowest BCUT2D eigenvalue weighted by atomic mass is 9.93. The van der Waals surface area contributed by atoms with Crippen molar-refractivity contribution >= 4 is 22.8 Å². The lowest BCUT2D eigenvalue weighted by Gasteiger charge is -2.27. The number of aromatic nitrogens is 1. The summed E-state index contributed by atoms with van der Waals surface area (Å²) in [6, 6.07) is 7.56. The van der Waals surface area contributed by atoms with E-state index in [2.05, 4.69) is 0 Å². The monoisotopic (exact) mass is 316 g/mol. The van der Waals surface area contributed by atoms with Gasteiger partial charge in [-0.1, -0.05) is 18.2 Å². The second kappa shape index (κ2) is 6.42. The van der Waals surface area contributed by atoms with Crippen molar-refractivity contribution in [2.75, 3.05) is 13.2 Å². The second-order valence-corrected chi connectivity index (χ2v) is 5.85. The van der Waals surface area contributed by atoms with E-state index in [1.54, 1.807) is 6.20 Å². The maximum Gasteiger partial charge on any atom is 0.341 e. The van der Waals surface area contributed by atoms with Crippen molar-refractivity contribution < 1.29 is 19.1 Å². The molecule has 6 nitrogen and oxygen atoms in total. The Balaban J connectivity index is 1.84. The third kappa shape index (κ3) is 3.07. The number of rotatable bonds is 4. The zero-order chi connectivity index (χ0) is 16.4. The zero-order valence-corrected chi connectivity index (χ0v) is 13.0. The molecule has 1 unspecified atom stereocenters. The van der Waals surface area contributed by atoms with Gasteiger partial charge in [0.2, 0.25) is 0 Å². The third-order valence-corrected chi connectivity index (χ3v) is 4.33. The first-order chi connectivity index (χ1) is 11.1. The van der Waals surface area contributed by atoms with Crippen LogP contribution in [0.4, 0.5) is 0 Å². The minimum absolute atomic E-state index is 0.0832. The van der Waals surface area contributed by atoms with Gasteiger partial charge in [0.15, 0.2) is 6.10 Å². The molecule has 2 heterocycles. The number of fused-ring (bicyclic) bond motifs is 1. The number of para-hydroxylation sites is 1. The van der Waals surface area contributed by atoms with Crippen molar-refractivity contribution in [2.24, 2.45) is 18.7 Å². The number of nitrogens with zero attached hydrogens (tertiary/aromatic N) is 1. The molecule has 1 fully saturated rings. The summed E-state index contributed by atoms with van der Waals surface area (Å²) in [5, 5.41) is 0.801. The molecule has 3 rings (SSSR count). The first kappa shape index (κ1) is 15.6. The molecule has 23 heavy (non-hydrogen) atoms. The van der Waals surface area contributed by atoms with Crippen molar-refractivity contribution in [3.63, 3.8) is 0 Å². The Bertz CT molecular complexity index is 731. The summed E-state index contributed by atoms with van der Waals surface area (Å²) in [5.74, 6) is -1.21. The van der Waals surface area contributed by atoms with E-state index in [1.165, 1.54) is 0 Å². The van der Waals surface area contributed by atoms with Gasteiger partial charge in [-0.3, -0.25) is 4.79 Å². The predicted octanol–water partition coefficient (Wildman–Crippen LogP) is 1.62. The van der Waals surface area contributed by atoms with Gasteiger partial charge >= 0.3 is 5.97 Å². The van der Waals surface area contributed by atoms with Gasteiger partial charge in [0, 0.05) is 43.3 Å². The molecule has 6 heteroatoms. The van der Waals surface area contributed by atoms with Gasteiger partial charge in [0.05, 0.1) is 5.56 Å². The van der Waals surface area contributed by atoms with E-state index in [4.69, 9.17) is 15.2 Å². The van der Waals surface area contributed by atoms with Crippen LogP contribution >= 0.6 is 0 Å². The fraction of sp³-hybridized carbons (Fsp3) is 0.412. The summed E-state index contributed by atoms with van der Waals surface area (Å²) in [7, 11) is 1.86. The number of primary amides is 1. The van der Waals surface area contributed by atoms with E-state index in [9.17, 15) is 9.59 Å². The topological polar surface area (TPSA) is 83.5 Å². The van der Waals surface area contributed by atoms with Crippen molar-refractivity contribution in [1.29, 1.82) is 0 Å². The molecule has 0 bridgehead atoms. The van der Waals surface area contributed by atoms with Gasteiger partial charge in [-0.05, 0) is 18.9 Å². The molecule has 1 aromatic carbocycles. The number of hydrogen-bond acceptors (Lipinski definition) is 4. The predicted molar refractivity (Wildman–Crippen MR) is 84.9 cm³/mol. The number of nitrogens with two attached hydrogens (primary N) is 1. The van der Waals surface area contributed by atoms with Crippen molar-refractivity contribution in [1.82, 2.24) is 4.57 Å². The van der Waals surface area contributed by atoms with Crippen molar-refractivity contribution in [3.05, 3.63) is 36.0 Å². The Labute approximate surface area is 134 Å². The Kier molecular flexibility index (Phi) is 4.34. The van der Waals surface area contributed by atoms with Crippen LogP contribution < -0.4 is 5.73 Å². The number of hydrogen-bond donors (Lipinski definition) is 1. The highest BCUT2D eigenvalue weighted by Gasteiger charge is 2.32. The number of carbonyl (C=O) groups excluding carboxylic acids is 2. The van der Waals surface area contributed by atoms with E-state index < -0.39 is 18.0 Å². The number of aryl methyl sites for hydroxylation is 1. The van der Waals surface area contributed by atoms with E-state index in [0.29, 0.717) is 31.6 Å². The lowest BCUT2D eigenvalue weighted by molar-refractivity contribution is -0.131. The smallest absolute Gasteiger partial charge is 0.341 e. The SMILES string of the molecule is Cn1cc(C(=O)OC(C(N)=O)C2CCOCC2)c2ccccc21. The first-order valence-corrected chi connectivity index (χ1v) is 7.70. The largest absolute Gasteiger partial charge is 0.448 e. The van der Waals surface area contributed by atoms with Gasteiger partial charge in [-0.15, -0.1) is 0 Å². The number of carbonyl (C=O) groups is 2. The molecule has 1 amide bonds. The van der Waals surface area contributed by atoms with Gasteiger partial charge in [0.25, 0.3) is 5.91 Å². The quantitative estimate of drug-likeness (QED) is 0.869. The molecule has 1 aromatic heterocycles. The summed E-state index contributed by atoms with van der Waals surface area (Å²) >= 11 is 0. The molecule has 0 radical (unpaired) electrons. The highest BCUT2D eigenvalue weighted by Crippen LogP contribution is 2.25. The van der Waals surface area contributed by atoms with Crippen LogP contribution in [0.5, 0.6) is 0 Å². The van der Waals surface area contributed by atoms with E-state index >= 15 is 0 Å². The van der Waals surface area contributed by atoms with Crippen LogP contribution in [0.15, 0.2) is 30.5 Å². The van der Waals surface area contributed by atoms with E-state index in [-0.39, 0.29) is 5.92 Å². The van der Waals surface area contributed by atoms with Gasteiger partial charge in [-0.2, -0.15) is 0 Å². The fourth-order valence-electron chi connectivity index (χ4n) is 3.09. The van der Waals surface area contributed by atoms with Crippen LogP contribution in [0.2, 0.25) is 0 Å². The van der Waals surface area contributed by atoms with Gasteiger partial charge in [0.1, 0.15) is 0 Å². The van der Waals surface area contributed by atoms with Crippen LogP contribution in [-0.2, 0) is 21.3 Å². The molecule has 2 N–H and O–H groups in total. The molecule has 1 aliphatic rings. The van der Waals surface area contributed by atoms with Crippen molar-refractivity contribution in [3.8, 4) is 0 Å². The Morgan fingerprint density at radius 1 is 1.30 bits per heavy atom. The average Bonchev–Trinajstić information content (AvgIpc) is 2.90. The molecule has 2 aromatic rings. The van der Waals surface area contributed by atoms with E-state index in [1.807, 2.05) is 35.9 Å². The highest BCUT2D eigenvalue weighted by molar-refractivity contribution is 6.05. The van der Waals surface area contributed by atoms with Crippen LogP contribution in [0.25, 0.3) is 10.9 Å². The zero-order valence-electron chi connectivity index (χ0n) is 13.0. The fourth-order valence-corrected chi connectivity index (χ4v) is 3.09. The molecule has 0 aliphatic carbocycles. The van der Waals surface area contributed by atoms with Gasteiger partial charge < -0.3 is 19.8 Å². The summed E-state index contributed by atoms with van der Waals surface area (Å²) in [6.45, 7) is 1.11. The normalized spacial score (nSPS) is 17.1. The Morgan fingerprint density at radius 2 is 2.00 bits per heavy atom. The summed E-state index contributed by atoms with van der Waals surface area (Å²) in [4.78, 5) is 24.3.